The SMILES string of the molecule is Cc1ccnc2ccc(C(=O)N3C4CCCC3c3nn(C)c(-c5cc(F)c(F)c(F)c5)c3C4)cc12. The summed E-state index contributed by atoms with van der Waals surface area (Å²) < 4.78 is 43.2. The van der Waals surface area contributed by atoms with Crippen molar-refractivity contribution in [2.45, 2.75) is 44.7 Å². The lowest BCUT2D eigenvalue weighted by Crippen LogP contribution is -2.49. The Morgan fingerprint density at radius 2 is 1.83 bits per heavy atom. The van der Waals surface area contributed by atoms with Crippen LogP contribution in [0.1, 0.15) is 52.5 Å². The molecular weight excluding hydrogens is 453 g/mol. The average molecular weight is 477 g/mol. The molecular formula is C27H23F3N4O. The van der Waals surface area contributed by atoms with Gasteiger partial charge in [0.1, 0.15) is 0 Å². The van der Waals surface area contributed by atoms with Crippen molar-refractivity contribution in [3.8, 4) is 11.3 Å². The molecule has 2 bridgehead atoms. The van der Waals surface area contributed by atoms with Gasteiger partial charge >= 0.3 is 0 Å². The van der Waals surface area contributed by atoms with Crippen LogP contribution in [0.3, 0.4) is 0 Å². The zero-order valence-corrected chi connectivity index (χ0v) is 19.4. The van der Waals surface area contributed by atoms with Crippen molar-refractivity contribution >= 4 is 16.8 Å². The Bertz CT molecular complexity index is 1490. The van der Waals surface area contributed by atoms with Crippen LogP contribution in [-0.2, 0) is 13.5 Å². The van der Waals surface area contributed by atoms with Gasteiger partial charge < -0.3 is 4.90 Å². The maximum absolute atomic E-state index is 14.0. The third-order valence-corrected chi connectivity index (χ3v) is 7.37. The summed E-state index contributed by atoms with van der Waals surface area (Å²) in [5.74, 6) is -4.01. The fourth-order valence-corrected chi connectivity index (χ4v) is 5.77. The van der Waals surface area contributed by atoms with Gasteiger partial charge in [-0.1, -0.05) is 0 Å². The maximum Gasteiger partial charge on any atom is 0.254 e. The molecule has 8 heteroatoms. The number of aromatic nitrogens is 3. The molecule has 5 nitrogen and oxygen atoms in total. The smallest absolute Gasteiger partial charge is 0.254 e. The third-order valence-electron chi connectivity index (χ3n) is 7.37. The highest BCUT2D eigenvalue weighted by Gasteiger charge is 2.43. The topological polar surface area (TPSA) is 51.0 Å². The van der Waals surface area contributed by atoms with E-state index in [1.165, 1.54) is 0 Å². The van der Waals surface area contributed by atoms with Crippen LogP contribution >= 0.6 is 0 Å². The number of carbonyl (C=O) groups is 1. The van der Waals surface area contributed by atoms with Crippen LogP contribution in [0.25, 0.3) is 22.2 Å². The molecule has 1 amide bonds. The van der Waals surface area contributed by atoms with E-state index in [-0.39, 0.29) is 23.6 Å². The lowest BCUT2D eigenvalue weighted by Gasteiger charge is -2.45. The zero-order valence-electron chi connectivity index (χ0n) is 19.4. The van der Waals surface area contributed by atoms with E-state index in [0.29, 0.717) is 17.7 Å². The molecule has 1 fully saturated rings. The standard InChI is InChI=1S/C27H23F3N4O/c1-14-8-9-31-22-7-6-15(10-18(14)22)27(35)34-17-4-3-5-23(34)25-19(13-17)26(33(2)32-25)16-11-20(28)24(30)21(29)12-16/h6-12,17,23H,3-5,13H2,1-2H3. The molecule has 0 spiro atoms. The monoisotopic (exact) mass is 476 g/mol. The molecule has 0 saturated carbocycles. The number of rotatable bonds is 2. The summed E-state index contributed by atoms with van der Waals surface area (Å²) in [6.45, 7) is 2.00. The van der Waals surface area contributed by atoms with Crippen LogP contribution in [0.15, 0.2) is 42.6 Å². The number of pyridine rings is 1. The molecule has 4 aromatic rings. The number of hydrogen-bond acceptors (Lipinski definition) is 3. The molecule has 2 aliphatic heterocycles. The van der Waals surface area contributed by atoms with E-state index in [1.807, 2.05) is 36.1 Å². The van der Waals surface area contributed by atoms with Gasteiger partial charge in [0.05, 0.1) is 22.9 Å². The van der Waals surface area contributed by atoms with Gasteiger partial charge in [0.15, 0.2) is 17.5 Å². The number of halogens is 3. The second-order valence-electron chi connectivity index (χ2n) is 9.47. The predicted molar refractivity (Wildman–Crippen MR) is 125 cm³/mol. The fraction of sp³-hybridized carbons (Fsp3) is 0.296. The first kappa shape index (κ1) is 21.8. The highest BCUT2D eigenvalue weighted by atomic mass is 19.2. The van der Waals surface area contributed by atoms with Crippen LogP contribution < -0.4 is 0 Å². The first-order valence-corrected chi connectivity index (χ1v) is 11.7. The molecule has 0 N–H and O–H groups in total. The van der Waals surface area contributed by atoms with Gasteiger partial charge in [-0.25, -0.2) is 13.2 Å². The predicted octanol–water partition coefficient (Wildman–Crippen LogP) is 5.65. The van der Waals surface area contributed by atoms with Gasteiger partial charge in [-0.2, -0.15) is 5.10 Å². The van der Waals surface area contributed by atoms with E-state index in [1.54, 1.807) is 17.9 Å². The summed E-state index contributed by atoms with van der Waals surface area (Å²) in [5.41, 5.74) is 4.93. The van der Waals surface area contributed by atoms with Gasteiger partial charge in [-0.05, 0) is 74.6 Å². The summed E-state index contributed by atoms with van der Waals surface area (Å²) >= 11 is 0. The first-order chi connectivity index (χ1) is 16.8. The van der Waals surface area contributed by atoms with E-state index in [4.69, 9.17) is 5.10 Å². The van der Waals surface area contributed by atoms with E-state index < -0.39 is 17.5 Å². The highest BCUT2D eigenvalue weighted by Crippen LogP contribution is 2.45. The Kier molecular flexibility index (Phi) is 4.95. The molecule has 2 unspecified atom stereocenters. The molecule has 178 valence electrons. The first-order valence-electron chi connectivity index (χ1n) is 11.7. The number of carbonyl (C=O) groups excluding carboxylic acids is 1. The van der Waals surface area contributed by atoms with Crippen molar-refractivity contribution in [2.75, 3.05) is 0 Å². The lowest BCUT2D eigenvalue weighted by atomic mass is 9.81. The van der Waals surface area contributed by atoms with Crippen molar-refractivity contribution in [1.29, 1.82) is 0 Å². The van der Waals surface area contributed by atoms with Crippen LogP contribution in [0.4, 0.5) is 13.2 Å². The maximum atomic E-state index is 14.0. The Balaban J connectivity index is 1.43. The second-order valence-corrected chi connectivity index (χ2v) is 9.47. The number of fused-ring (bicyclic) bond motifs is 5. The average Bonchev–Trinajstić information content (AvgIpc) is 3.17. The molecule has 0 aliphatic carbocycles. The Morgan fingerprint density at radius 3 is 2.60 bits per heavy atom. The minimum atomic E-state index is -1.49. The number of amides is 1. The van der Waals surface area contributed by atoms with Crippen molar-refractivity contribution in [3.63, 3.8) is 0 Å². The van der Waals surface area contributed by atoms with Crippen molar-refractivity contribution in [1.82, 2.24) is 19.7 Å². The minimum absolute atomic E-state index is 0.0541. The molecule has 4 heterocycles. The van der Waals surface area contributed by atoms with Gasteiger partial charge in [-0.3, -0.25) is 14.5 Å². The van der Waals surface area contributed by atoms with Crippen molar-refractivity contribution < 1.29 is 18.0 Å². The Morgan fingerprint density at radius 1 is 1.06 bits per heavy atom. The van der Waals surface area contributed by atoms with E-state index in [2.05, 4.69) is 4.98 Å². The molecule has 2 aromatic carbocycles. The summed E-state index contributed by atoms with van der Waals surface area (Å²) in [6, 6.07) is 9.24. The fourth-order valence-electron chi connectivity index (χ4n) is 5.77. The van der Waals surface area contributed by atoms with Gasteiger partial charge in [0.25, 0.3) is 5.91 Å². The number of benzene rings is 2. The number of nitrogens with zero attached hydrogens (tertiary/aromatic N) is 4. The van der Waals surface area contributed by atoms with Gasteiger partial charge in [0.2, 0.25) is 0 Å². The van der Waals surface area contributed by atoms with Gasteiger partial charge in [-0.15, -0.1) is 0 Å². The number of aryl methyl sites for hydroxylation is 2. The Hall–Kier alpha value is -3.68. The normalized spacial score (nSPS) is 19.2. The summed E-state index contributed by atoms with van der Waals surface area (Å²) in [6.07, 6.45) is 4.83. The largest absolute Gasteiger partial charge is 0.327 e. The van der Waals surface area contributed by atoms with E-state index in [9.17, 15) is 18.0 Å². The van der Waals surface area contributed by atoms with Crippen LogP contribution in [0, 0.1) is 24.4 Å². The highest BCUT2D eigenvalue weighted by molar-refractivity contribution is 5.99. The summed E-state index contributed by atoms with van der Waals surface area (Å²) in [7, 11) is 1.71. The molecule has 2 atom stereocenters. The lowest BCUT2D eigenvalue weighted by molar-refractivity contribution is 0.0392. The van der Waals surface area contributed by atoms with Crippen LogP contribution in [0.5, 0.6) is 0 Å². The number of piperidine rings is 1. The summed E-state index contributed by atoms with van der Waals surface area (Å²) in [5, 5.41) is 5.64. The number of hydrogen-bond donors (Lipinski definition) is 0. The zero-order chi connectivity index (χ0) is 24.4. The van der Waals surface area contributed by atoms with Crippen LogP contribution in [-0.4, -0.2) is 31.6 Å². The second kappa shape index (κ2) is 7.93. The van der Waals surface area contributed by atoms with Gasteiger partial charge in [0, 0.05) is 41.4 Å². The molecule has 6 rings (SSSR count). The molecule has 2 aliphatic rings. The van der Waals surface area contributed by atoms with Crippen molar-refractivity contribution in [2.24, 2.45) is 7.05 Å². The van der Waals surface area contributed by atoms with E-state index in [0.717, 1.165) is 59.1 Å². The molecule has 0 radical (unpaired) electrons. The van der Waals surface area contributed by atoms with Crippen LogP contribution in [0.2, 0.25) is 0 Å². The third kappa shape index (κ3) is 3.34. The Labute approximate surface area is 200 Å². The van der Waals surface area contributed by atoms with Crippen molar-refractivity contribution in [3.05, 3.63) is 82.4 Å². The van der Waals surface area contributed by atoms with E-state index >= 15 is 0 Å². The quantitative estimate of drug-likeness (QED) is 0.351. The molecule has 35 heavy (non-hydrogen) atoms. The molecule has 2 aromatic heterocycles. The minimum Gasteiger partial charge on any atom is -0.327 e. The summed E-state index contributed by atoms with van der Waals surface area (Å²) in [4.78, 5) is 20.1. The molecule has 1 saturated heterocycles.